The predicted octanol–water partition coefficient (Wildman–Crippen LogP) is 20.3. The number of hydrogen-bond acceptors (Lipinski definition) is 24. The molecule has 12 aromatic carbocycles. The smallest absolute Gasteiger partial charge is 0.259 e. The number of aromatic amines is 4. The first-order valence-corrected chi connectivity index (χ1v) is 36.9. The van der Waals surface area contributed by atoms with Crippen molar-refractivity contribution in [3.8, 4) is 41.2 Å². The van der Waals surface area contributed by atoms with E-state index in [0.29, 0.717) is 70.9 Å². The van der Waals surface area contributed by atoms with Gasteiger partial charge in [-0.2, -0.15) is 36.2 Å². The molecule has 0 fully saturated rings. The van der Waals surface area contributed by atoms with Crippen molar-refractivity contribution in [2.45, 2.75) is 27.7 Å². The van der Waals surface area contributed by atoms with Crippen molar-refractivity contribution in [3.63, 3.8) is 0 Å². The van der Waals surface area contributed by atoms with Crippen molar-refractivity contribution in [1.82, 2.24) is 40.8 Å². The molecule has 0 aliphatic heterocycles. The molecule has 5 amide bonds. The molecule has 0 aliphatic rings. The summed E-state index contributed by atoms with van der Waals surface area (Å²) in [4.78, 5) is 63.1. The van der Waals surface area contributed by atoms with Crippen LogP contribution in [0, 0.1) is 61.7 Å². The van der Waals surface area contributed by atoms with Crippen molar-refractivity contribution < 1.29 is 44.4 Å². The number of fused-ring (bicyclic) bond motifs is 4. The number of primary amides is 1. The van der Waals surface area contributed by atoms with Gasteiger partial charge in [0.2, 0.25) is 0 Å². The number of aryl methyl sites for hydroxylation is 4. The highest BCUT2D eigenvalue weighted by atomic mass is 35.5. The number of hydrogen-bond donors (Lipinski definition) is 13. The minimum Gasteiger partial charge on any atom is -0.505 e. The van der Waals surface area contributed by atoms with Crippen LogP contribution >= 0.6 is 11.6 Å². The van der Waals surface area contributed by atoms with E-state index in [4.69, 9.17) is 33.1 Å². The molecule has 33 nitrogen and oxygen atoms in total. The molecule has 0 saturated heterocycles. The number of amides is 5. The number of para-hydroxylation sites is 1. The van der Waals surface area contributed by atoms with Gasteiger partial charge in [-0.1, -0.05) is 163 Å². The summed E-state index contributed by atoms with van der Waals surface area (Å²) in [6.45, 7) is 7.67. The number of nitrogens with two attached hydrogens (primary N) is 1. The molecule has 0 radical (unpaired) electrons. The third kappa shape index (κ3) is 18.8. The van der Waals surface area contributed by atoms with Crippen LogP contribution in [0.25, 0.3) is 43.1 Å². The Morgan fingerprint density at radius 3 is 1.07 bits per heavy atom. The second-order valence-corrected chi connectivity index (χ2v) is 27.2. The highest BCUT2D eigenvalue weighted by Gasteiger charge is 2.25. The van der Waals surface area contributed by atoms with Gasteiger partial charge >= 0.3 is 0 Å². The number of rotatable bonds is 17. The van der Waals surface area contributed by atoms with E-state index in [1.165, 1.54) is 24.8 Å². The van der Waals surface area contributed by atoms with Crippen molar-refractivity contribution in [2.24, 2.45) is 46.6 Å². The maximum absolute atomic E-state index is 13.0. The summed E-state index contributed by atoms with van der Waals surface area (Å²) in [5, 5.41) is 145. The Kier molecular flexibility index (Phi) is 25.1. The fraction of sp³-hybridized carbons (Fsp3) is 0.0455. The molecule has 122 heavy (non-hydrogen) atoms. The zero-order valence-electron chi connectivity index (χ0n) is 64.5. The van der Waals surface area contributed by atoms with Gasteiger partial charge in [0.05, 0.1) is 47.0 Å². The fourth-order valence-electron chi connectivity index (χ4n) is 12.3. The monoisotopic (exact) mass is 1640 g/mol. The summed E-state index contributed by atoms with van der Waals surface area (Å²) >= 11 is 5.96. The molecule has 16 rings (SSSR count). The van der Waals surface area contributed by atoms with Crippen LogP contribution in [-0.4, -0.2) is 90.8 Å². The van der Waals surface area contributed by atoms with E-state index in [1.54, 1.807) is 121 Å². The second-order valence-electron chi connectivity index (χ2n) is 26.7. The molecule has 598 valence electrons. The molecule has 0 aliphatic carbocycles. The minimum absolute atomic E-state index is 0.0211. The van der Waals surface area contributed by atoms with Gasteiger partial charge in [-0.15, -0.1) is 40.9 Å². The first kappa shape index (κ1) is 82.2. The Morgan fingerprint density at radius 1 is 0.352 bits per heavy atom. The van der Waals surface area contributed by atoms with Gasteiger partial charge in [0.15, 0.2) is 46.3 Å². The summed E-state index contributed by atoms with van der Waals surface area (Å²) in [7, 11) is 0. The van der Waals surface area contributed by atoms with Gasteiger partial charge in [-0.25, -0.2) is 0 Å². The number of aromatic nitrogens is 8. The Morgan fingerprint density at radius 2 is 0.689 bits per heavy atom. The molecule has 0 atom stereocenters. The molecule has 16 aromatic rings. The number of benzene rings is 12. The molecule has 0 spiro atoms. The number of carbonyl (C=O) groups excluding carboxylic acids is 5. The molecular weight excluding hydrogens is 1570 g/mol. The van der Waals surface area contributed by atoms with Crippen LogP contribution in [-0.2, 0) is 0 Å². The van der Waals surface area contributed by atoms with E-state index >= 15 is 0 Å². The van der Waals surface area contributed by atoms with Gasteiger partial charge in [-0.05, 0) is 133 Å². The molecular formula is C88H65ClN24O9. The van der Waals surface area contributed by atoms with Gasteiger partial charge in [0, 0.05) is 49.3 Å². The molecule has 14 N–H and O–H groups in total. The van der Waals surface area contributed by atoms with Crippen LogP contribution in [0.15, 0.2) is 278 Å². The van der Waals surface area contributed by atoms with Gasteiger partial charge in [-0.3, -0.25) is 44.4 Å². The third-order valence-electron chi connectivity index (χ3n) is 18.4. The lowest BCUT2D eigenvalue weighted by molar-refractivity contribution is 0.0995. The number of H-pyrrole nitrogens is 4. The molecule has 34 heteroatoms. The fourth-order valence-corrected chi connectivity index (χ4v) is 12.5. The minimum atomic E-state index is -0.719. The van der Waals surface area contributed by atoms with E-state index < -0.39 is 29.5 Å². The SMILES string of the molecule is Cc1ccc(NC(=O)c2cc3ccccc3c(N=Nc3[nH]ncc3C#N)c2O)c(C)c1.Cc1cccc(NC(=O)c2cc3ccccc3c(N=Nc3[nH]ncc3C#N)c2O)c1.Cc1ccccc1NC(=O)c1cc2ccccc2c(N=Nc2[nH]ncc2C(N)=O)c1O.N#Cc1cn[nH]c1N=Nc1c(O)c(C(=O)Nc2cccc(Cl)c2)cc2ccccc12. The summed E-state index contributed by atoms with van der Waals surface area (Å²) in [5.74, 6) is -3.45. The Bertz CT molecular complexity index is 6860. The summed E-state index contributed by atoms with van der Waals surface area (Å²) in [5.41, 5.74) is 12.9. The number of halogens is 1. The van der Waals surface area contributed by atoms with Crippen LogP contribution < -0.4 is 27.0 Å². The number of phenols is 4. The van der Waals surface area contributed by atoms with Crippen LogP contribution in [0.1, 0.15) is 90.7 Å². The quantitative estimate of drug-likeness (QED) is 0.0377. The van der Waals surface area contributed by atoms with Crippen LogP contribution in [0.4, 0.5) is 68.8 Å². The molecule has 4 aromatic heterocycles. The summed E-state index contributed by atoms with van der Waals surface area (Å²) < 4.78 is 0. The number of nitriles is 3. The normalized spacial score (nSPS) is 11.0. The highest BCUT2D eigenvalue weighted by molar-refractivity contribution is 6.31. The van der Waals surface area contributed by atoms with Crippen molar-refractivity contribution in [2.75, 3.05) is 21.3 Å². The number of azo groups is 4. The van der Waals surface area contributed by atoms with Crippen LogP contribution in [0.2, 0.25) is 5.02 Å². The molecule has 4 heterocycles. The maximum Gasteiger partial charge on any atom is 0.259 e. The highest BCUT2D eigenvalue weighted by Crippen LogP contribution is 2.45. The van der Waals surface area contributed by atoms with E-state index in [9.17, 15) is 44.4 Å². The number of nitrogens with one attached hydrogen (secondary N) is 8. The predicted molar refractivity (Wildman–Crippen MR) is 458 cm³/mol. The Balaban J connectivity index is 0.000000140. The van der Waals surface area contributed by atoms with Crippen LogP contribution in [0.5, 0.6) is 23.0 Å². The van der Waals surface area contributed by atoms with Crippen molar-refractivity contribution >= 4 is 153 Å². The van der Waals surface area contributed by atoms with E-state index in [1.807, 2.05) is 137 Å². The maximum atomic E-state index is 13.0. The lowest BCUT2D eigenvalue weighted by Gasteiger charge is -2.12. The van der Waals surface area contributed by atoms with E-state index in [2.05, 4.69) is 103 Å². The van der Waals surface area contributed by atoms with E-state index in [0.717, 1.165) is 22.3 Å². The lowest BCUT2D eigenvalue weighted by Crippen LogP contribution is -2.13. The summed E-state index contributed by atoms with van der Waals surface area (Å²) in [6.07, 6.45) is 5.22. The number of carbonyl (C=O) groups is 5. The lowest BCUT2D eigenvalue weighted by atomic mass is 10.0. The van der Waals surface area contributed by atoms with Crippen molar-refractivity contribution in [3.05, 3.63) is 309 Å². The largest absolute Gasteiger partial charge is 0.505 e. The first-order valence-electron chi connectivity index (χ1n) is 36.6. The zero-order valence-corrected chi connectivity index (χ0v) is 65.3. The Hall–Kier alpha value is -17.8. The Labute approximate surface area is 696 Å². The van der Waals surface area contributed by atoms with Crippen LogP contribution in [0.3, 0.4) is 0 Å². The molecule has 0 saturated carbocycles. The number of phenolic OH excluding ortho intramolecular Hbond substituents is 4. The number of anilines is 4. The number of aromatic hydroxyl groups is 4. The van der Waals surface area contributed by atoms with Gasteiger partial charge in [0.25, 0.3) is 29.5 Å². The standard InChI is InChI=1S/C23H18N6O2.C22H18N6O3.C22H16N6O2.C21H13ClN6O2/c1-13-7-8-19(14(2)9-13)26-23(31)18-10-15-5-3-4-6-17(15)20(21(18)30)27-29-22-16(11-24)12-25-28-22;1-12-6-2-5-9-17(12)25-22(31)15-10-13-7-3-4-8-14(13)18(19(15)29)26-28-21-16(20(23)30)11-24-27-21;1-13-5-4-7-16(9-13)25-22(30)18-10-14-6-2-3-8-17(14)19(20(18)29)26-28-21-15(11-23)12-24-27-21;22-14-5-3-6-15(9-14)25-21(30)17-8-12-4-1-2-7-16(12)18(19(17)29)26-28-20-13(10-23)11-24-27-20/h3-10,12,30H,1-2H3,(H,25,28)(H,26,31);2-11,29H,1H3,(H2,23,30)(H,24,27)(H,25,31);2-10,12,29H,1H3,(H,24,27)(H,25,30);1-9,11,29H,(H,24,27)(H,25,30). The number of nitrogens with zero attached hydrogens (tertiary/aromatic N) is 15. The average Bonchev–Trinajstić information content (AvgIpc) is 1.21. The van der Waals surface area contributed by atoms with E-state index in [-0.39, 0.29) is 114 Å². The first-order chi connectivity index (χ1) is 59.1. The third-order valence-corrected chi connectivity index (χ3v) is 18.7. The molecule has 0 unspecified atom stereocenters. The average molecular weight is 1640 g/mol. The topological polar surface area (TPSA) is 525 Å². The zero-order chi connectivity index (χ0) is 86.1. The summed E-state index contributed by atoms with van der Waals surface area (Å²) in [6, 6.07) is 67.9. The second kappa shape index (κ2) is 37.2. The van der Waals surface area contributed by atoms with Gasteiger partial charge < -0.3 is 47.4 Å². The van der Waals surface area contributed by atoms with Crippen molar-refractivity contribution in [1.29, 1.82) is 15.8 Å². The molecule has 0 bridgehead atoms. The van der Waals surface area contributed by atoms with Gasteiger partial charge in [0.1, 0.15) is 63.2 Å².